The number of hydrogen-bond donors (Lipinski definition) is 0. The second-order valence-electron chi connectivity index (χ2n) is 6.48. The fourth-order valence-electron chi connectivity index (χ4n) is 3.47. The second kappa shape index (κ2) is 7.56. The van der Waals surface area contributed by atoms with E-state index in [1.54, 1.807) is 7.11 Å². The Morgan fingerprint density at radius 3 is 2.52 bits per heavy atom. The number of methoxy groups -OCH3 is 1. The summed E-state index contributed by atoms with van der Waals surface area (Å²) in [4.78, 5) is 0. The average Bonchev–Trinajstić information content (AvgIpc) is 2.89. The minimum absolute atomic E-state index is 0.894. The van der Waals surface area contributed by atoms with Crippen molar-refractivity contribution in [3.05, 3.63) is 70.9 Å². The lowest BCUT2D eigenvalue weighted by Crippen LogP contribution is -1.99. The molecule has 0 unspecified atom stereocenters. The molecule has 1 heterocycles. The van der Waals surface area contributed by atoms with E-state index in [2.05, 4.69) is 67.5 Å². The van der Waals surface area contributed by atoms with Gasteiger partial charge in [0.25, 0.3) is 0 Å². The predicted octanol–water partition coefficient (Wildman–Crippen LogP) is 4.95. The lowest BCUT2D eigenvalue weighted by Gasteiger charge is -2.12. The van der Waals surface area contributed by atoms with Crippen molar-refractivity contribution in [3.63, 3.8) is 0 Å². The lowest BCUT2D eigenvalue weighted by molar-refractivity contribution is 0.409. The Bertz CT molecular complexity index is 850. The van der Waals surface area contributed by atoms with Crippen molar-refractivity contribution in [2.45, 2.75) is 33.1 Å². The van der Waals surface area contributed by atoms with Crippen LogP contribution in [0.3, 0.4) is 0 Å². The highest BCUT2D eigenvalue weighted by molar-refractivity contribution is 5.67. The van der Waals surface area contributed by atoms with Crippen LogP contribution >= 0.6 is 0 Å². The molecule has 0 N–H and O–H groups in total. The molecule has 0 spiro atoms. The zero-order valence-electron chi connectivity index (χ0n) is 15.5. The number of aryl methyl sites for hydroxylation is 3. The first-order valence-corrected chi connectivity index (χ1v) is 8.87. The maximum absolute atomic E-state index is 5.53. The van der Waals surface area contributed by atoms with Crippen molar-refractivity contribution in [2.24, 2.45) is 7.05 Å². The van der Waals surface area contributed by atoms with Gasteiger partial charge in [-0.2, -0.15) is 5.10 Å². The van der Waals surface area contributed by atoms with Gasteiger partial charge >= 0.3 is 0 Å². The Balaban J connectivity index is 2.07. The van der Waals surface area contributed by atoms with Crippen LogP contribution in [0.2, 0.25) is 0 Å². The molecule has 130 valence electrons. The molecule has 1 aromatic heterocycles. The van der Waals surface area contributed by atoms with Gasteiger partial charge < -0.3 is 4.74 Å². The van der Waals surface area contributed by atoms with Crippen LogP contribution in [0, 0.1) is 6.92 Å². The van der Waals surface area contributed by atoms with Crippen LogP contribution in [0.25, 0.3) is 11.3 Å². The van der Waals surface area contributed by atoms with Crippen molar-refractivity contribution in [1.29, 1.82) is 0 Å². The van der Waals surface area contributed by atoms with Crippen LogP contribution in [0.15, 0.2) is 48.5 Å². The Hall–Kier alpha value is -2.55. The summed E-state index contributed by atoms with van der Waals surface area (Å²) in [5, 5.41) is 4.69. The van der Waals surface area contributed by atoms with Crippen molar-refractivity contribution >= 4 is 0 Å². The highest BCUT2D eigenvalue weighted by Crippen LogP contribution is 2.32. The molecule has 0 atom stereocenters. The summed E-state index contributed by atoms with van der Waals surface area (Å²) in [5.74, 6) is 0.967. The predicted molar refractivity (Wildman–Crippen MR) is 103 cm³/mol. The topological polar surface area (TPSA) is 27.1 Å². The number of hydrogen-bond acceptors (Lipinski definition) is 2. The number of rotatable bonds is 6. The van der Waals surface area contributed by atoms with Gasteiger partial charge in [-0.3, -0.25) is 4.68 Å². The third-order valence-corrected chi connectivity index (χ3v) is 4.64. The molecule has 3 rings (SSSR count). The van der Waals surface area contributed by atoms with Gasteiger partial charge in [-0.25, -0.2) is 0 Å². The van der Waals surface area contributed by atoms with Crippen LogP contribution in [0.4, 0.5) is 0 Å². The van der Waals surface area contributed by atoms with Gasteiger partial charge in [-0.1, -0.05) is 43.7 Å². The summed E-state index contributed by atoms with van der Waals surface area (Å²) in [6, 6.07) is 17.1. The third-order valence-electron chi connectivity index (χ3n) is 4.64. The summed E-state index contributed by atoms with van der Waals surface area (Å²) in [7, 11) is 3.77. The van der Waals surface area contributed by atoms with E-state index < -0.39 is 0 Å². The molecule has 0 aliphatic carbocycles. The lowest BCUT2D eigenvalue weighted by atomic mass is 9.97. The molecule has 3 heteroatoms. The number of ether oxygens (including phenoxy) is 1. The molecule has 0 saturated carbocycles. The van der Waals surface area contributed by atoms with E-state index in [9.17, 15) is 0 Å². The summed E-state index contributed by atoms with van der Waals surface area (Å²) in [6.45, 7) is 4.29. The van der Waals surface area contributed by atoms with E-state index in [4.69, 9.17) is 4.74 Å². The van der Waals surface area contributed by atoms with Gasteiger partial charge in [-0.05, 0) is 42.7 Å². The molecule has 0 aliphatic rings. The highest BCUT2D eigenvalue weighted by Gasteiger charge is 2.17. The van der Waals surface area contributed by atoms with Crippen LogP contribution in [-0.2, 0) is 19.9 Å². The number of benzene rings is 2. The number of aromatic nitrogens is 2. The minimum atomic E-state index is 0.894. The molecule has 0 bridgehead atoms. The normalized spacial score (nSPS) is 10.9. The van der Waals surface area contributed by atoms with Gasteiger partial charge in [0, 0.05) is 24.6 Å². The molecule has 3 aromatic rings. The smallest absolute Gasteiger partial charge is 0.122 e. The van der Waals surface area contributed by atoms with E-state index in [0.717, 1.165) is 30.7 Å². The standard InChI is InChI=1S/C22H26N2O/c1-5-9-18-15-19(12-13-21(18)25-4)22-20(16(2)23-24(22)3)14-17-10-7-6-8-11-17/h6-8,10-13,15H,5,9,14H2,1-4H3. The van der Waals surface area contributed by atoms with Gasteiger partial charge in [0.05, 0.1) is 18.5 Å². The van der Waals surface area contributed by atoms with Crippen molar-refractivity contribution < 1.29 is 4.74 Å². The second-order valence-corrected chi connectivity index (χ2v) is 6.48. The minimum Gasteiger partial charge on any atom is -0.496 e. The van der Waals surface area contributed by atoms with Crippen molar-refractivity contribution in [3.8, 4) is 17.0 Å². The van der Waals surface area contributed by atoms with E-state index in [-0.39, 0.29) is 0 Å². The Labute approximate surface area is 150 Å². The first-order chi connectivity index (χ1) is 12.1. The van der Waals surface area contributed by atoms with E-state index in [0.29, 0.717) is 0 Å². The summed E-state index contributed by atoms with van der Waals surface area (Å²) in [5.41, 5.74) is 7.35. The molecule has 3 nitrogen and oxygen atoms in total. The molecule has 0 saturated heterocycles. The summed E-state index contributed by atoms with van der Waals surface area (Å²) in [6.07, 6.45) is 3.01. The van der Waals surface area contributed by atoms with Crippen LogP contribution in [0.5, 0.6) is 5.75 Å². The van der Waals surface area contributed by atoms with Gasteiger partial charge in [0.1, 0.15) is 5.75 Å². The molecule has 25 heavy (non-hydrogen) atoms. The largest absolute Gasteiger partial charge is 0.496 e. The zero-order valence-corrected chi connectivity index (χ0v) is 15.5. The summed E-state index contributed by atoms with van der Waals surface area (Å²) >= 11 is 0. The van der Waals surface area contributed by atoms with Gasteiger partial charge in [-0.15, -0.1) is 0 Å². The van der Waals surface area contributed by atoms with E-state index in [1.165, 1.54) is 27.9 Å². The maximum atomic E-state index is 5.53. The molecular weight excluding hydrogens is 308 g/mol. The SMILES string of the molecule is CCCc1cc(-c2c(Cc3ccccc3)c(C)nn2C)ccc1OC. The Morgan fingerprint density at radius 1 is 1.08 bits per heavy atom. The quantitative estimate of drug-likeness (QED) is 0.638. The molecule has 0 aliphatic heterocycles. The molecule has 0 fully saturated rings. The molecule has 2 aromatic carbocycles. The fourth-order valence-corrected chi connectivity index (χ4v) is 3.47. The monoisotopic (exact) mass is 334 g/mol. The van der Waals surface area contributed by atoms with E-state index >= 15 is 0 Å². The highest BCUT2D eigenvalue weighted by atomic mass is 16.5. The Morgan fingerprint density at radius 2 is 1.84 bits per heavy atom. The van der Waals surface area contributed by atoms with Gasteiger partial charge in [0.15, 0.2) is 0 Å². The maximum Gasteiger partial charge on any atom is 0.122 e. The third kappa shape index (κ3) is 3.60. The average molecular weight is 334 g/mol. The van der Waals surface area contributed by atoms with Gasteiger partial charge in [0.2, 0.25) is 0 Å². The molecule has 0 amide bonds. The first kappa shape index (κ1) is 17.3. The molecule has 0 radical (unpaired) electrons. The van der Waals surface area contributed by atoms with Crippen LogP contribution in [-0.4, -0.2) is 16.9 Å². The molecular formula is C22H26N2O. The first-order valence-electron chi connectivity index (χ1n) is 8.87. The fraction of sp³-hybridized carbons (Fsp3) is 0.318. The van der Waals surface area contributed by atoms with Crippen molar-refractivity contribution in [2.75, 3.05) is 7.11 Å². The Kier molecular flexibility index (Phi) is 5.22. The van der Waals surface area contributed by atoms with Crippen LogP contribution < -0.4 is 4.74 Å². The number of nitrogens with zero attached hydrogens (tertiary/aromatic N) is 2. The zero-order chi connectivity index (χ0) is 17.8. The van der Waals surface area contributed by atoms with Crippen molar-refractivity contribution in [1.82, 2.24) is 9.78 Å². The van der Waals surface area contributed by atoms with Crippen LogP contribution in [0.1, 0.15) is 35.7 Å². The summed E-state index contributed by atoms with van der Waals surface area (Å²) < 4.78 is 7.53. The van der Waals surface area contributed by atoms with E-state index in [1.807, 2.05) is 11.7 Å².